The van der Waals surface area contributed by atoms with Crippen molar-refractivity contribution >= 4 is 5.84 Å². The molecule has 0 amide bonds. The van der Waals surface area contributed by atoms with Gasteiger partial charge in [-0.15, -0.1) is 0 Å². The van der Waals surface area contributed by atoms with E-state index in [2.05, 4.69) is 0 Å². The molecular formula is C10H16N2O. The van der Waals surface area contributed by atoms with Gasteiger partial charge in [-0.1, -0.05) is 19.9 Å². The largest absolute Gasteiger partial charge is 0.507 e. The lowest BCUT2D eigenvalue weighted by Gasteiger charge is -2.01. The molecule has 0 radical (unpaired) electrons. The van der Waals surface area contributed by atoms with Crippen LogP contribution in [0.2, 0.25) is 0 Å². The summed E-state index contributed by atoms with van der Waals surface area (Å²) in [7, 11) is 0. The number of phenols is 1. The van der Waals surface area contributed by atoms with E-state index < -0.39 is 0 Å². The molecule has 72 valence electrons. The molecule has 0 aromatic heterocycles. The Hall–Kier alpha value is -1.51. The molecule has 3 nitrogen and oxygen atoms in total. The Balaban J connectivity index is 0.000000671. The summed E-state index contributed by atoms with van der Waals surface area (Å²) >= 11 is 0. The summed E-state index contributed by atoms with van der Waals surface area (Å²) < 4.78 is 0. The first kappa shape index (κ1) is 11.5. The maximum absolute atomic E-state index is 9.24. The highest BCUT2D eigenvalue weighted by Crippen LogP contribution is 2.16. The van der Waals surface area contributed by atoms with Gasteiger partial charge in [0.25, 0.3) is 0 Å². The van der Waals surface area contributed by atoms with Gasteiger partial charge in [0.15, 0.2) is 0 Å². The van der Waals surface area contributed by atoms with Gasteiger partial charge in [-0.2, -0.15) is 0 Å². The van der Waals surface area contributed by atoms with Crippen LogP contribution in [0.25, 0.3) is 0 Å². The Morgan fingerprint density at radius 2 is 1.92 bits per heavy atom. The Kier molecular flexibility index (Phi) is 4.59. The molecule has 1 rings (SSSR count). The molecule has 0 aliphatic carbocycles. The van der Waals surface area contributed by atoms with Gasteiger partial charge in [0.2, 0.25) is 0 Å². The summed E-state index contributed by atoms with van der Waals surface area (Å²) in [5.74, 6) is -0.0417. The number of phenolic OH excluding ortho intramolecular Hbond substituents is 1. The molecule has 3 heteroatoms. The van der Waals surface area contributed by atoms with E-state index in [9.17, 15) is 5.11 Å². The third-order valence-corrected chi connectivity index (χ3v) is 1.44. The molecule has 0 atom stereocenters. The SMILES string of the molecule is CC.Cc1ccc(C(=N)N)c(O)c1. The molecule has 1 aromatic carbocycles. The lowest BCUT2D eigenvalue weighted by molar-refractivity contribution is 0.473. The van der Waals surface area contributed by atoms with Crippen LogP contribution < -0.4 is 5.73 Å². The van der Waals surface area contributed by atoms with Gasteiger partial charge >= 0.3 is 0 Å². The molecule has 0 bridgehead atoms. The van der Waals surface area contributed by atoms with Gasteiger partial charge in [-0.25, -0.2) is 0 Å². The highest BCUT2D eigenvalue weighted by Gasteiger charge is 2.02. The van der Waals surface area contributed by atoms with Crippen molar-refractivity contribution < 1.29 is 5.11 Å². The van der Waals surface area contributed by atoms with Gasteiger partial charge in [0, 0.05) is 0 Å². The lowest BCUT2D eigenvalue weighted by Crippen LogP contribution is -2.10. The van der Waals surface area contributed by atoms with Crippen molar-refractivity contribution in [2.45, 2.75) is 20.8 Å². The van der Waals surface area contributed by atoms with Crippen LogP contribution >= 0.6 is 0 Å². The number of nitrogen functional groups attached to an aromatic ring is 1. The molecule has 0 heterocycles. The summed E-state index contributed by atoms with van der Waals surface area (Å²) in [5.41, 5.74) is 6.52. The Morgan fingerprint density at radius 1 is 1.38 bits per heavy atom. The van der Waals surface area contributed by atoms with Crippen LogP contribution in [0.3, 0.4) is 0 Å². The van der Waals surface area contributed by atoms with Crippen LogP contribution in [-0.4, -0.2) is 10.9 Å². The fraction of sp³-hybridized carbons (Fsp3) is 0.300. The summed E-state index contributed by atoms with van der Waals surface area (Å²) in [6.07, 6.45) is 0. The number of aryl methyl sites for hydroxylation is 1. The number of amidine groups is 1. The van der Waals surface area contributed by atoms with E-state index in [4.69, 9.17) is 11.1 Å². The van der Waals surface area contributed by atoms with Crippen LogP contribution in [0.5, 0.6) is 5.75 Å². The van der Waals surface area contributed by atoms with Gasteiger partial charge in [-0.3, -0.25) is 5.41 Å². The molecule has 4 N–H and O–H groups in total. The highest BCUT2D eigenvalue weighted by atomic mass is 16.3. The van der Waals surface area contributed by atoms with Crippen LogP contribution in [0.15, 0.2) is 18.2 Å². The molecule has 0 fully saturated rings. The van der Waals surface area contributed by atoms with E-state index in [0.29, 0.717) is 5.56 Å². The summed E-state index contributed by atoms with van der Waals surface area (Å²) in [5, 5.41) is 16.3. The van der Waals surface area contributed by atoms with Crippen LogP contribution in [-0.2, 0) is 0 Å². The van der Waals surface area contributed by atoms with E-state index in [0.717, 1.165) is 5.56 Å². The van der Waals surface area contributed by atoms with Crippen molar-refractivity contribution in [2.75, 3.05) is 0 Å². The standard InChI is InChI=1S/C8H10N2O.C2H6/c1-5-2-3-6(8(9)10)7(11)4-5;1-2/h2-4,11H,1H3,(H3,9,10);1-2H3. The maximum Gasteiger partial charge on any atom is 0.126 e. The molecule has 0 saturated heterocycles. The average molecular weight is 180 g/mol. The number of benzene rings is 1. The topological polar surface area (TPSA) is 70.1 Å². The van der Waals surface area contributed by atoms with Gasteiger partial charge in [-0.05, 0) is 24.6 Å². The van der Waals surface area contributed by atoms with Crippen LogP contribution in [0.4, 0.5) is 0 Å². The number of rotatable bonds is 1. The van der Waals surface area contributed by atoms with Crippen molar-refractivity contribution in [1.82, 2.24) is 0 Å². The minimum absolute atomic E-state index is 0.0671. The lowest BCUT2D eigenvalue weighted by atomic mass is 10.1. The summed E-state index contributed by atoms with van der Waals surface area (Å²) in [6, 6.07) is 5.01. The first-order valence-electron chi connectivity index (χ1n) is 4.25. The second-order valence-corrected chi connectivity index (χ2v) is 2.43. The van der Waals surface area contributed by atoms with Gasteiger partial charge in [0.1, 0.15) is 11.6 Å². The third kappa shape index (κ3) is 3.15. The molecule has 0 unspecified atom stereocenters. The number of nitrogens with two attached hydrogens (primary N) is 1. The zero-order valence-electron chi connectivity index (χ0n) is 8.26. The van der Waals surface area contributed by atoms with Crippen molar-refractivity contribution in [3.05, 3.63) is 29.3 Å². The first-order chi connectivity index (χ1) is 6.11. The number of hydrogen-bond donors (Lipinski definition) is 3. The van der Waals surface area contributed by atoms with Crippen molar-refractivity contribution in [2.24, 2.45) is 5.73 Å². The fourth-order valence-electron chi connectivity index (χ4n) is 0.869. The fourth-order valence-corrected chi connectivity index (χ4v) is 0.869. The number of aromatic hydroxyl groups is 1. The van der Waals surface area contributed by atoms with E-state index in [-0.39, 0.29) is 11.6 Å². The minimum atomic E-state index is -0.109. The normalized spacial score (nSPS) is 8.54. The number of nitrogens with one attached hydrogen (secondary N) is 1. The van der Waals surface area contributed by atoms with Gasteiger partial charge in [0.05, 0.1) is 5.56 Å². The zero-order chi connectivity index (χ0) is 10.4. The summed E-state index contributed by atoms with van der Waals surface area (Å²) in [6.45, 7) is 5.86. The van der Waals surface area contributed by atoms with Crippen molar-refractivity contribution in [3.8, 4) is 5.75 Å². The molecule has 0 aliphatic rings. The quantitative estimate of drug-likeness (QED) is 0.457. The van der Waals surface area contributed by atoms with Crippen LogP contribution in [0.1, 0.15) is 25.0 Å². The predicted molar refractivity (Wildman–Crippen MR) is 55.2 cm³/mol. The molecular weight excluding hydrogens is 164 g/mol. The highest BCUT2D eigenvalue weighted by molar-refractivity contribution is 5.97. The Labute approximate surface area is 78.7 Å². The molecule has 0 spiro atoms. The van der Waals surface area contributed by atoms with E-state index in [1.54, 1.807) is 18.2 Å². The van der Waals surface area contributed by atoms with E-state index in [1.165, 1.54) is 0 Å². The first-order valence-corrected chi connectivity index (χ1v) is 4.25. The smallest absolute Gasteiger partial charge is 0.126 e. The average Bonchev–Trinajstić information content (AvgIpc) is 2.07. The molecule has 1 aromatic rings. The van der Waals surface area contributed by atoms with Crippen molar-refractivity contribution in [3.63, 3.8) is 0 Å². The maximum atomic E-state index is 9.24. The van der Waals surface area contributed by atoms with E-state index in [1.807, 2.05) is 20.8 Å². The Bertz CT molecular complexity index is 295. The predicted octanol–water partition coefficient (Wildman–Crippen LogP) is 2.01. The Morgan fingerprint density at radius 3 is 2.31 bits per heavy atom. The number of hydrogen-bond acceptors (Lipinski definition) is 2. The minimum Gasteiger partial charge on any atom is -0.507 e. The zero-order valence-corrected chi connectivity index (χ0v) is 8.26. The van der Waals surface area contributed by atoms with E-state index >= 15 is 0 Å². The van der Waals surface area contributed by atoms with Gasteiger partial charge < -0.3 is 10.8 Å². The second kappa shape index (κ2) is 5.19. The van der Waals surface area contributed by atoms with Crippen molar-refractivity contribution in [1.29, 1.82) is 5.41 Å². The summed E-state index contributed by atoms with van der Waals surface area (Å²) in [4.78, 5) is 0. The monoisotopic (exact) mass is 180 g/mol. The molecule has 0 saturated carbocycles. The third-order valence-electron chi connectivity index (χ3n) is 1.44. The molecule has 13 heavy (non-hydrogen) atoms. The second-order valence-electron chi connectivity index (χ2n) is 2.43. The molecule has 0 aliphatic heterocycles. The van der Waals surface area contributed by atoms with Crippen LogP contribution in [0, 0.1) is 12.3 Å².